The molecule has 1 saturated heterocycles. The summed E-state index contributed by atoms with van der Waals surface area (Å²) < 4.78 is 18.5. The van der Waals surface area contributed by atoms with E-state index in [2.05, 4.69) is 34.5 Å². The molecule has 0 saturated carbocycles. The smallest absolute Gasteiger partial charge is 0.317 e. The van der Waals surface area contributed by atoms with Crippen molar-refractivity contribution in [3.63, 3.8) is 0 Å². The molecule has 6 heteroatoms. The SMILES string of the molecule is CN(Cc1ccc(N2CCOCC2)cc1)C(=O)NCCc1cccc(F)c1. The number of amides is 2. The summed E-state index contributed by atoms with van der Waals surface area (Å²) in [4.78, 5) is 16.2. The Morgan fingerprint density at radius 3 is 2.59 bits per heavy atom. The summed E-state index contributed by atoms with van der Waals surface area (Å²) in [5.74, 6) is -0.253. The quantitative estimate of drug-likeness (QED) is 0.849. The fraction of sp³-hybridized carbons (Fsp3) is 0.381. The summed E-state index contributed by atoms with van der Waals surface area (Å²) >= 11 is 0. The minimum Gasteiger partial charge on any atom is -0.378 e. The van der Waals surface area contributed by atoms with Crippen LogP contribution >= 0.6 is 0 Å². The number of hydrogen-bond acceptors (Lipinski definition) is 3. The molecule has 0 atom stereocenters. The molecule has 2 aromatic rings. The molecule has 0 aromatic heterocycles. The van der Waals surface area contributed by atoms with Crippen LogP contribution in [-0.4, -0.2) is 50.8 Å². The summed E-state index contributed by atoms with van der Waals surface area (Å²) in [5, 5.41) is 2.88. The third-order valence-corrected chi connectivity index (χ3v) is 4.66. The average molecular weight is 371 g/mol. The van der Waals surface area contributed by atoms with Crippen molar-refractivity contribution >= 4 is 11.7 Å². The summed E-state index contributed by atoms with van der Waals surface area (Å²) in [6, 6.07) is 14.6. The Balaban J connectivity index is 1.44. The monoisotopic (exact) mass is 371 g/mol. The number of halogens is 1. The minimum absolute atomic E-state index is 0.136. The zero-order valence-electron chi connectivity index (χ0n) is 15.7. The number of ether oxygens (including phenoxy) is 1. The predicted octanol–water partition coefficient (Wildman–Crippen LogP) is 3.05. The Morgan fingerprint density at radius 1 is 1.15 bits per heavy atom. The minimum atomic E-state index is -0.253. The van der Waals surface area contributed by atoms with Crippen LogP contribution in [0.15, 0.2) is 48.5 Å². The molecule has 3 rings (SSSR count). The highest BCUT2D eigenvalue weighted by atomic mass is 19.1. The highest BCUT2D eigenvalue weighted by Crippen LogP contribution is 2.17. The van der Waals surface area contributed by atoms with Crippen LogP contribution in [0.4, 0.5) is 14.9 Å². The van der Waals surface area contributed by atoms with Crippen molar-refractivity contribution < 1.29 is 13.9 Å². The van der Waals surface area contributed by atoms with Crippen molar-refractivity contribution in [1.82, 2.24) is 10.2 Å². The number of hydrogen-bond donors (Lipinski definition) is 1. The third-order valence-electron chi connectivity index (χ3n) is 4.66. The van der Waals surface area contributed by atoms with E-state index >= 15 is 0 Å². The average Bonchev–Trinajstić information content (AvgIpc) is 2.69. The predicted molar refractivity (Wildman–Crippen MR) is 104 cm³/mol. The second-order valence-corrected chi connectivity index (χ2v) is 6.73. The first-order chi connectivity index (χ1) is 13.1. The number of rotatable bonds is 6. The summed E-state index contributed by atoms with van der Waals surface area (Å²) in [6.45, 7) is 4.36. The van der Waals surface area contributed by atoms with Gasteiger partial charge in [-0.05, 0) is 41.8 Å². The van der Waals surface area contributed by atoms with E-state index in [0.29, 0.717) is 19.5 Å². The number of carbonyl (C=O) groups excluding carboxylic acids is 1. The summed E-state index contributed by atoms with van der Waals surface area (Å²) in [5.41, 5.74) is 3.13. The van der Waals surface area contributed by atoms with Crippen LogP contribution in [0.1, 0.15) is 11.1 Å². The topological polar surface area (TPSA) is 44.8 Å². The Kier molecular flexibility index (Phi) is 6.65. The molecule has 1 aliphatic rings. The zero-order chi connectivity index (χ0) is 19.1. The van der Waals surface area contributed by atoms with Crippen molar-refractivity contribution in [2.24, 2.45) is 0 Å². The number of morpholine rings is 1. The van der Waals surface area contributed by atoms with Gasteiger partial charge < -0.3 is 19.9 Å². The largest absolute Gasteiger partial charge is 0.378 e. The number of urea groups is 1. The highest BCUT2D eigenvalue weighted by molar-refractivity contribution is 5.73. The molecule has 0 unspecified atom stereocenters. The van der Waals surface area contributed by atoms with Crippen molar-refractivity contribution in [2.75, 3.05) is 44.8 Å². The van der Waals surface area contributed by atoms with Gasteiger partial charge in [-0.1, -0.05) is 24.3 Å². The zero-order valence-corrected chi connectivity index (χ0v) is 15.7. The van der Waals surface area contributed by atoms with E-state index in [1.54, 1.807) is 18.0 Å². The fourth-order valence-electron chi connectivity index (χ4n) is 3.12. The van der Waals surface area contributed by atoms with Gasteiger partial charge in [0.15, 0.2) is 0 Å². The van der Waals surface area contributed by atoms with E-state index in [-0.39, 0.29) is 11.8 Å². The van der Waals surface area contributed by atoms with Gasteiger partial charge in [-0.15, -0.1) is 0 Å². The van der Waals surface area contributed by atoms with Crippen LogP contribution in [0.25, 0.3) is 0 Å². The molecule has 144 valence electrons. The molecule has 5 nitrogen and oxygen atoms in total. The first kappa shape index (κ1) is 19.2. The molecule has 2 amide bonds. The lowest BCUT2D eigenvalue weighted by atomic mass is 10.1. The van der Waals surface area contributed by atoms with Crippen molar-refractivity contribution in [3.8, 4) is 0 Å². The molecule has 1 fully saturated rings. The lowest BCUT2D eigenvalue weighted by Crippen LogP contribution is -2.38. The Labute approximate surface area is 159 Å². The van der Waals surface area contributed by atoms with Gasteiger partial charge in [-0.25, -0.2) is 9.18 Å². The highest BCUT2D eigenvalue weighted by Gasteiger charge is 2.12. The van der Waals surface area contributed by atoms with Crippen LogP contribution in [0, 0.1) is 5.82 Å². The van der Waals surface area contributed by atoms with Gasteiger partial charge in [-0.3, -0.25) is 0 Å². The molecule has 2 aromatic carbocycles. The molecule has 0 spiro atoms. The van der Waals surface area contributed by atoms with Crippen LogP contribution < -0.4 is 10.2 Å². The van der Waals surface area contributed by atoms with E-state index in [1.807, 2.05) is 6.07 Å². The van der Waals surface area contributed by atoms with Crippen LogP contribution in [0.2, 0.25) is 0 Å². The molecule has 0 aliphatic carbocycles. The van der Waals surface area contributed by atoms with E-state index in [4.69, 9.17) is 4.74 Å². The molecule has 0 radical (unpaired) electrons. The second-order valence-electron chi connectivity index (χ2n) is 6.73. The fourth-order valence-corrected chi connectivity index (χ4v) is 3.12. The van der Waals surface area contributed by atoms with E-state index in [0.717, 1.165) is 37.4 Å². The van der Waals surface area contributed by atoms with Gasteiger partial charge >= 0.3 is 6.03 Å². The van der Waals surface area contributed by atoms with Gasteiger partial charge in [-0.2, -0.15) is 0 Å². The lowest BCUT2D eigenvalue weighted by molar-refractivity contribution is 0.122. The Morgan fingerprint density at radius 2 is 1.89 bits per heavy atom. The molecular formula is C21H26FN3O2. The number of anilines is 1. The lowest BCUT2D eigenvalue weighted by Gasteiger charge is -2.29. The van der Waals surface area contributed by atoms with E-state index in [9.17, 15) is 9.18 Å². The molecule has 27 heavy (non-hydrogen) atoms. The maximum Gasteiger partial charge on any atom is 0.317 e. The number of benzene rings is 2. The molecule has 0 bridgehead atoms. The Bertz CT molecular complexity index is 745. The van der Waals surface area contributed by atoms with Crippen LogP contribution in [0.5, 0.6) is 0 Å². The molecule has 1 aliphatic heterocycles. The second kappa shape index (κ2) is 9.37. The van der Waals surface area contributed by atoms with Gasteiger partial charge in [0.1, 0.15) is 5.82 Å². The maximum atomic E-state index is 13.2. The molecule has 1 heterocycles. The summed E-state index contributed by atoms with van der Waals surface area (Å²) in [6.07, 6.45) is 0.603. The number of nitrogens with one attached hydrogen (secondary N) is 1. The van der Waals surface area contributed by atoms with E-state index < -0.39 is 0 Å². The van der Waals surface area contributed by atoms with Crippen molar-refractivity contribution in [3.05, 3.63) is 65.5 Å². The maximum absolute atomic E-state index is 13.2. The van der Waals surface area contributed by atoms with Crippen molar-refractivity contribution in [2.45, 2.75) is 13.0 Å². The Hall–Kier alpha value is -2.60. The van der Waals surface area contributed by atoms with Crippen molar-refractivity contribution in [1.29, 1.82) is 0 Å². The first-order valence-corrected chi connectivity index (χ1v) is 9.27. The normalized spacial score (nSPS) is 14.1. The van der Waals surface area contributed by atoms with Gasteiger partial charge in [0.25, 0.3) is 0 Å². The number of nitrogens with zero attached hydrogens (tertiary/aromatic N) is 2. The van der Waals surface area contributed by atoms with Gasteiger partial charge in [0.05, 0.1) is 13.2 Å². The summed E-state index contributed by atoms with van der Waals surface area (Å²) in [7, 11) is 1.77. The van der Waals surface area contributed by atoms with Crippen LogP contribution in [0.3, 0.4) is 0 Å². The van der Waals surface area contributed by atoms with Crippen LogP contribution in [-0.2, 0) is 17.7 Å². The molecular weight excluding hydrogens is 345 g/mol. The third kappa shape index (κ3) is 5.69. The molecule has 1 N–H and O–H groups in total. The number of carbonyl (C=O) groups is 1. The standard InChI is InChI=1S/C21H26FN3O2/c1-24(21(26)23-10-9-17-3-2-4-19(22)15-17)16-18-5-7-20(8-6-18)25-11-13-27-14-12-25/h2-8,15H,9-14,16H2,1H3,(H,23,26). The van der Waals surface area contributed by atoms with Gasteiger partial charge in [0, 0.05) is 38.9 Å². The first-order valence-electron chi connectivity index (χ1n) is 9.27. The van der Waals surface area contributed by atoms with Gasteiger partial charge in [0.2, 0.25) is 0 Å². The van der Waals surface area contributed by atoms with E-state index in [1.165, 1.54) is 17.8 Å².